The van der Waals surface area contributed by atoms with Crippen LogP contribution in [0, 0.1) is 0 Å². The molecule has 2 N–H and O–H groups in total. The Morgan fingerprint density at radius 1 is 1.47 bits per heavy atom. The highest BCUT2D eigenvalue weighted by Crippen LogP contribution is 2.21. The van der Waals surface area contributed by atoms with Crippen molar-refractivity contribution < 1.29 is 9.15 Å². The highest BCUT2D eigenvalue weighted by Gasteiger charge is 2.11. The topological polar surface area (TPSA) is 51.6 Å². The number of rotatable bonds is 8. The summed E-state index contributed by atoms with van der Waals surface area (Å²) in [6, 6.07) is 2.09. The zero-order chi connectivity index (χ0) is 12.7. The maximum absolute atomic E-state index is 5.84. The largest absolute Gasteiger partial charge is 0.463 e. The van der Waals surface area contributed by atoms with Crippen LogP contribution in [-0.2, 0) is 23.6 Å². The lowest BCUT2D eigenvalue weighted by Gasteiger charge is -2.08. The van der Waals surface area contributed by atoms with E-state index in [1.165, 1.54) is 0 Å². The molecule has 17 heavy (non-hydrogen) atoms. The number of methoxy groups -OCH3 is 1. The Morgan fingerprint density at radius 2 is 2.24 bits per heavy atom. The van der Waals surface area contributed by atoms with Gasteiger partial charge >= 0.3 is 0 Å². The molecular weight excluding hydrogens is 236 g/mol. The van der Waals surface area contributed by atoms with Gasteiger partial charge in [0, 0.05) is 25.0 Å². The number of thioether (sulfide) groups is 1. The third-order valence-electron chi connectivity index (χ3n) is 2.21. The molecule has 0 saturated heterocycles. The van der Waals surface area contributed by atoms with Crippen LogP contribution in [0.4, 0.5) is 0 Å². The van der Waals surface area contributed by atoms with Crippen LogP contribution in [0.3, 0.4) is 0 Å². The van der Waals surface area contributed by atoms with Crippen molar-refractivity contribution in [3.05, 3.63) is 23.2 Å². The van der Waals surface area contributed by atoms with Gasteiger partial charge in [-0.05, 0) is 20.2 Å². The Labute approximate surface area is 107 Å². The number of furan rings is 1. The molecule has 0 unspecified atom stereocenters. The van der Waals surface area contributed by atoms with Crippen LogP contribution in [0.25, 0.3) is 0 Å². The van der Waals surface area contributed by atoms with Gasteiger partial charge in [0.2, 0.25) is 0 Å². The Balaban J connectivity index is 2.65. The van der Waals surface area contributed by atoms with Gasteiger partial charge in [0.1, 0.15) is 11.5 Å². The third-order valence-corrected chi connectivity index (χ3v) is 3.23. The summed E-state index contributed by atoms with van der Waals surface area (Å²) >= 11 is 1.79. The molecule has 0 spiro atoms. The van der Waals surface area contributed by atoms with Crippen molar-refractivity contribution in [2.24, 2.45) is 5.73 Å². The number of hydrogen-bond acceptors (Lipinski definition) is 5. The molecule has 0 fully saturated rings. The molecule has 0 saturated carbocycles. The van der Waals surface area contributed by atoms with E-state index in [2.05, 4.69) is 11.0 Å². The zero-order valence-electron chi connectivity index (χ0n) is 10.9. The van der Waals surface area contributed by atoms with Gasteiger partial charge in [0.15, 0.2) is 0 Å². The zero-order valence-corrected chi connectivity index (χ0v) is 11.7. The van der Waals surface area contributed by atoms with Gasteiger partial charge in [-0.25, -0.2) is 0 Å². The lowest BCUT2D eigenvalue weighted by atomic mass is 10.2. The summed E-state index contributed by atoms with van der Waals surface area (Å²) in [5, 5.41) is 0. The molecule has 0 aliphatic carbocycles. The lowest BCUT2D eigenvalue weighted by Crippen LogP contribution is -2.11. The fourth-order valence-corrected chi connectivity index (χ4v) is 2.21. The van der Waals surface area contributed by atoms with Crippen LogP contribution >= 0.6 is 11.8 Å². The normalized spacial score (nSPS) is 11.4. The van der Waals surface area contributed by atoms with Crippen molar-refractivity contribution in [3.8, 4) is 0 Å². The van der Waals surface area contributed by atoms with Gasteiger partial charge < -0.3 is 19.8 Å². The van der Waals surface area contributed by atoms with E-state index in [4.69, 9.17) is 14.9 Å². The summed E-state index contributed by atoms with van der Waals surface area (Å²) in [7, 11) is 5.76. The predicted molar refractivity (Wildman–Crippen MR) is 72.0 cm³/mol. The van der Waals surface area contributed by atoms with Crippen LogP contribution in [-0.4, -0.2) is 38.4 Å². The maximum Gasteiger partial charge on any atom is 0.123 e. The first-order valence-electron chi connectivity index (χ1n) is 5.69. The van der Waals surface area contributed by atoms with Crippen molar-refractivity contribution in [1.29, 1.82) is 0 Å². The standard InChI is InChI=1S/C12H22N2O2S/c1-14(2)7-12-10(8-15-3)6-11(16-12)9-17-5-4-13/h6H,4-5,7-9,13H2,1-3H3. The number of ether oxygens (including phenoxy) is 1. The van der Waals surface area contributed by atoms with Gasteiger partial charge in [-0.1, -0.05) is 0 Å². The summed E-state index contributed by atoms with van der Waals surface area (Å²) in [6.07, 6.45) is 0. The molecule has 98 valence electrons. The molecule has 0 aromatic carbocycles. The summed E-state index contributed by atoms with van der Waals surface area (Å²) in [4.78, 5) is 2.09. The second kappa shape index (κ2) is 7.76. The molecule has 1 aromatic rings. The number of hydrogen-bond donors (Lipinski definition) is 1. The van der Waals surface area contributed by atoms with Crippen LogP contribution in [0.2, 0.25) is 0 Å². The smallest absolute Gasteiger partial charge is 0.123 e. The van der Waals surface area contributed by atoms with Crippen LogP contribution < -0.4 is 5.73 Å². The molecule has 0 aliphatic heterocycles. The summed E-state index contributed by atoms with van der Waals surface area (Å²) in [5.41, 5.74) is 6.61. The summed E-state index contributed by atoms with van der Waals surface area (Å²) < 4.78 is 11.0. The average molecular weight is 258 g/mol. The van der Waals surface area contributed by atoms with Crippen molar-refractivity contribution >= 4 is 11.8 Å². The highest BCUT2D eigenvalue weighted by atomic mass is 32.2. The predicted octanol–water partition coefficient (Wildman–Crippen LogP) is 1.68. The number of nitrogens with two attached hydrogens (primary N) is 1. The van der Waals surface area contributed by atoms with Gasteiger partial charge in [-0.2, -0.15) is 11.8 Å². The van der Waals surface area contributed by atoms with Crippen molar-refractivity contribution in [2.75, 3.05) is 33.5 Å². The lowest BCUT2D eigenvalue weighted by molar-refractivity contribution is 0.181. The molecular formula is C12H22N2O2S. The molecule has 5 heteroatoms. The van der Waals surface area contributed by atoms with E-state index in [0.717, 1.165) is 35.1 Å². The summed E-state index contributed by atoms with van der Waals surface area (Å²) in [5.74, 6) is 3.84. The monoisotopic (exact) mass is 258 g/mol. The van der Waals surface area contributed by atoms with E-state index in [-0.39, 0.29) is 0 Å². The second-order valence-corrected chi connectivity index (χ2v) is 5.28. The van der Waals surface area contributed by atoms with Crippen molar-refractivity contribution in [2.45, 2.75) is 18.9 Å². The summed E-state index contributed by atoms with van der Waals surface area (Å²) in [6.45, 7) is 2.12. The Bertz CT molecular complexity index is 326. The van der Waals surface area contributed by atoms with E-state index < -0.39 is 0 Å². The first-order chi connectivity index (χ1) is 8.17. The molecule has 0 aliphatic rings. The van der Waals surface area contributed by atoms with Gasteiger partial charge in [0.05, 0.1) is 18.9 Å². The SMILES string of the molecule is COCc1cc(CSCCN)oc1CN(C)C. The molecule has 1 rings (SSSR count). The molecule has 0 amide bonds. The molecule has 0 radical (unpaired) electrons. The van der Waals surface area contributed by atoms with Gasteiger partial charge in [-0.3, -0.25) is 0 Å². The van der Waals surface area contributed by atoms with Crippen molar-refractivity contribution in [3.63, 3.8) is 0 Å². The number of nitrogens with zero attached hydrogens (tertiary/aromatic N) is 1. The van der Waals surface area contributed by atoms with E-state index in [1.54, 1.807) is 18.9 Å². The molecule has 1 heterocycles. The minimum absolute atomic E-state index is 0.605. The maximum atomic E-state index is 5.84. The van der Waals surface area contributed by atoms with E-state index in [1.807, 2.05) is 14.1 Å². The highest BCUT2D eigenvalue weighted by molar-refractivity contribution is 7.98. The minimum atomic E-state index is 0.605. The first-order valence-corrected chi connectivity index (χ1v) is 6.84. The first kappa shape index (κ1) is 14.6. The third kappa shape index (κ3) is 5.12. The Morgan fingerprint density at radius 3 is 2.82 bits per heavy atom. The van der Waals surface area contributed by atoms with E-state index in [0.29, 0.717) is 13.2 Å². The van der Waals surface area contributed by atoms with Crippen LogP contribution in [0.1, 0.15) is 17.1 Å². The quantitative estimate of drug-likeness (QED) is 0.719. The Hall–Kier alpha value is -0.490. The van der Waals surface area contributed by atoms with Crippen LogP contribution in [0.5, 0.6) is 0 Å². The molecule has 0 atom stereocenters. The average Bonchev–Trinajstić information content (AvgIpc) is 2.61. The fourth-order valence-electron chi connectivity index (χ4n) is 1.55. The molecule has 0 bridgehead atoms. The second-order valence-electron chi connectivity index (χ2n) is 4.17. The van der Waals surface area contributed by atoms with E-state index >= 15 is 0 Å². The molecule has 4 nitrogen and oxygen atoms in total. The van der Waals surface area contributed by atoms with E-state index in [9.17, 15) is 0 Å². The van der Waals surface area contributed by atoms with Crippen molar-refractivity contribution in [1.82, 2.24) is 4.90 Å². The van der Waals surface area contributed by atoms with Gasteiger partial charge in [-0.15, -0.1) is 0 Å². The molecule has 1 aromatic heterocycles. The minimum Gasteiger partial charge on any atom is -0.463 e. The Kier molecular flexibility index (Phi) is 6.65. The van der Waals surface area contributed by atoms with Gasteiger partial charge in [0.25, 0.3) is 0 Å². The fraction of sp³-hybridized carbons (Fsp3) is 0.667. The van der Waals surface area contributed by atoms with Crippen LogP contribution in [0.15, 0.2) is 10.5 Å².